The number of fused-ring (bicyclic) bond motifs is 1. The molecular formula is C14H16FN3O2S. The number of nitrogen functional groups attached to an aromatic ring is 1. The predicted octanol–water partition coefficient (Wildman–Crippen LogP) is 1.95. The van der Waals surface area contributed by atoms with E-state index in [4.69, 9.17) is 5.73 Å². The summed E-state index contributed by atoms with van der Waals surface area (Å²) in [6.45, 7) is 1.78. The van der Waals surface area contributed by atoms with E-state index in [0.29, 0.717) is 23.0 Å². The van der Waals surface area contributed by atoms with Crippen molar-refractivity contribution in [2.24, 2.45) is 0 Å². The molecule has 1 atom stereocenters. The summed E-state index contributed by atoms with van der Waals surface area (Å²) in [6.07, 6.45) is 1.99. The minimum atomic E-state index is -3.08. The highest BCUT2D eigenvalue weighted by molar-refractivity contribution is 7.91. The van der Waals surface area contributed by atoms with Gasteiger partial charge < -0.3 is 11.1 Å². The molecule has 1 aromatic heterocycles. The van der Waals surface area contributed by atoms with Crippen LogP contribution in [0.15, 0.2) is 24.4 Å². The maximum Gasteiger partial charge on any atom is 0.152 e. The van der Waals surface area contributed by atoms with Crippen molar-refractivity contribution in [2.75, 3.05) is 22.6 Å². The Balaban J connectivity index is 2.09. The molecule has 3 N–H and O–H groups in total. The van der Waals surface area contributed by atoms with Gasteiger partial charge in [-0.1, -0.05) is 0 Å². The third kappa shape index (κ3) is 2.53. The van der Waals surface area contributed by atoms with Crippen LogP contribution >= 0.6 is 0 Å². The highest BCUT2D eigenvalue weighted by atomic mass is 32.2. The molecular weight excluding hydrogens is 293 g/mol. The number of nitrogens with one attached hydrogen (secondary N) is 1. The maximum atomic E-state index is 14.3. The highest BCUT2D eigenvalue weighted by Crippen LogP contribution is 2.34. The van der Waals surface area contributed by atoms with Gasteiger partial charge in [-0.2, -0.15) is 0 Å². The van der Waals surface area contributed by atoms with Gasteiger partial charge in [-0.15, -0.1) is 0 Å². The minimum Gasteiger partial charge on any atom is -0.398 e. The van der Waals surface area contributed by atoms with E-state index in [9.17, 15) is 12.8 Å². The Morgan fingerprint density at radius 2 is 2.24 bits per heavy atom. The molecule has 5 nitrogen and oxygen atoms in total. The number of sulfone groups is 1. The molecule has 1 aliphatic rings. The lowest BCUT2D eigenvalue weighted by atomic mass is 10.0. The van der Waals surface area contributed by atoms with Crippen LogP contribution in [0.1, 0.15) is 13.3 Å². The fraction of sp³-hybridized carbons (Fsp3) is 0.357. The van der Waals surface area contributed by atoms with Crippen molar-refractivity contribution in [1.29, 1.82) is 0 Å². The number of rotatable bonds is 2. The van der Waals surface area contributed by atoms with E-state index in [1.807, 2.05) is 0 Å². The van der Waals surface area contributed by atoms with E-state index in [-0.39, 0.29) is 17.2 Å². The van der Waals surface area contributed by atoms with Crippen molar-refractivity contribution in [1.82, 2.24) is 4.98 Å². The minimum absolute atomic E-state index is 0.0157. The van der Waals surface area contributed by atoms with E-state index in [1.165, 1.54) is 6.07 Å². The zero-order chi connectivity index (χ0) is 15.3. The van der Waals surface area contributed by atoms with Crippen LogP contribution in [0.3, 0.4) is 0 Å². The van der Waals surface area contributed by atoms with Crippen LogP contribution < -0.4 is 11.1 Å². The number of nitrogens with zero attached hydrogens (tertiary/aromatic N) is 1. The summed E-state index contributed by atoms with van der Waals surface area (Å²) in [7, 11) is -3.08. The number of anilines is 2. The SMILES string of the molecule is CC1(Nc2c(F)cc(N)c3cccnc23)CCS(=O)(=O)C1. The van der Waals surface area contributed by atoms with Gasteiger partial charge in [0.2, 0.25) is 0 Å². The Labute approximate surface area is 122 Å². The molecule has 0 radical (unpaired) electrons. The Kier molecular flexibility index (Phi) is 3.05. The molecule has 0 bridgehead atoms. The fourth-order valence-corrected chi connectivity index (χ4v) is 4.86. The lowest BCUT2D eigenvalue weighted by Gasteiger charge is -2.26. The Morgan fingerprint density at radius 1 is 1.48 bits per heavy atom. The lowest BCUT2D eigenvalue weighted by Crippen LogP contribution is -2.36. The second-order valence-electron chi connectivity index (χ2n) is 5.75. The number of aromatic nitrogens is 1. The molecule has 1 aromatic carbocycles. The highest BCUT2D eigenvalue weighted by Gasteiger charge is 2.39. The molecule has 112 valence electrons. The van der Waals surface area contributed by atoms with Crippen LogP contribution in [-0.4, -0.2) is 30.4 Å². The largest absolute Gasteiger partial charge is 0.398 e. The van der Waals surface area contributed by atoms with Crippen LogP contribution in [0.2, 0.25) is 0 Å². The summed E-state index contributed by atoms with van der Waals surface area (Å²) in [6, 6.07) is 4.72. The molecule has 1 aliphatic heterocycles. The molecule has 1 saturated heterocycles. The summed E-state index contributed by atoms with van der Waals surface area (Å²) in [4.78, 5) is 4.18. The van der Waals surface area contributed by atoms with Crippen molar-refractivity contribution >= 4 is 32.1 Å². The van der Waals surface area contributed by atoms with Crippen LogP contribution in [0.4, 0.5) is 15.8 Å². The quantitative estimate of drug-likeness (QED) is 0.828. The van der Waals surface area contributed by atoms with E-state index in [0.717, 1.165) is 0 Å². The van der Waals surface area contributed by atoms with E-state index < -0.39 is 21.2 Å². The summed E-state index contributed by atoms with van der Waals surface area (Å²) in [5.74, 6) is -0.430. The third-order valence-electron chi connectivity index (χ3n) is 3.81. The number of halogens is 1. The monoisotopic (exact) mass is 309 g/mol. The number of benzene rings is 1. The summed E-state index contributed by atoms with van der Waals surface area (Å²) in [5, 5.41) is 3.68. The van der Waals surface area contributed by atoms with Crippen LogP contribution in [-0.2, 0) is 9.84 Å². The molecule has 0 amide bonds. The zero-order valence-corrected chi connectivity index (χ0v) is 12.4. The predicted molar refractivity (Wildman–Crippen MR) is 81.4 cm³/mol. The van der Waals surface area contributed by atoms with Crippen molar-refractivity contribution in [2.45, 2.75) is 18.9 Å². The number of nitrogens with two attached hydrogens (primary N) is 1. The van der Waals surface area contributed by atoms with Crippen molar-refractivity contribution in [3.05, 3.63) is 30.2 Å². The third-order valence-corrected chi connectivity index (χ3v) is 5.71. The van der Waals surface area contributed by atoms with Gasteiger partial charge >= 0.3 is 0 Å². The molecule has 2 heterocycles. The van der Waals surface area contributed by atoms with Crippen molar-refractivity contribution in [3.8, 4) is 0 Å². The van der Waals surface area contributed by atoms with E-state index in [2.05, 4.69) is 10.3 Å². The zero-order valence-electron chi connectivity index (χ0n) is 11.6. The van der Waals surface area contributed by atoms with Gasteiger partial charge in [-0.05, 0) is 31.5 Å². The number of pyridine rings is 1. The summed E-state index contributed by atoms with van der Waals surface area (Å²) in [5.41, 5.74) is 6.05. The first kappa shape index (κ1) is 14.1. The maximum absolute atomic E-state index is 14.3. The first-order valence-electron chi connectivity index (χ1n) is 6.61. The second kappa shape index (κ2) is 4.56. The second-order valence-corrected chi connectivity index (χ2v) is 7.93. The first-order valence-corrected chi connectivity index (χ1v) is 8.43. The lowest BCUT2D eigenvalue weighted by molar-refractivity contribution is 0.563. The van der Waals surface area contributed by atoms with Crippen LogP contribution in [0.5, 0.6) is 0 Å². The Bertz CT molecular complexity index is 822. The van der Waals surface area contributed by atoms with Gasteiger partial charge in [0.15, 0.2) is 15.7 Å². The number of hydrogen-bond acceptors (Lipinski definition) is 5. The van der Waals surface area contributed by atoms with E-state index in [1.54, 1.807) is 25.3 Å². The Morgan fingerprint density at radius 3 is 2.90 bits per heavy atom. The normalized spacial score (nSPS) is 24.3. The molecule has 0 saturated carbocycles. The van der Waals surface area contributed by atoms with Crippen LogP contribution in [0, 0.1) is 5.82 Å². The fourth-order valence-electron chi connectivity index (χ4n) is 2.77. The van der Waals surface area contributed by atoms with Crippen molar-refractivity contribution in [3.63, 3.8) is 0 Å². The average molecular weight is 309 g/mol. The average Bonchev–Trinajstić information content (AvgIpc) is 2.69. The van der Waals surface area contributed by atoms with Gasteiger partial charge in [0.1, 0.15) is 0 Å². The molecule has 2 aromatic rings. The van der Waals surface area contributed by atoms with Gasteiger partial charge in [0.25, 0.3) is 0 Å². The molecule has 7 heteroatoms. The molecule has 1 fully saturated rings. The smallest absolute Gasteiger partial charge is 0.152 e. The molecule has 1 unspecified atom stereocenters. The van der Waals surface area contributed by atoms with Crippen LogP contribution in [0.25, 0.3) is 10.9 Å². The Hall–Kier alpha value is -1.89. The molecule has 21 heavy (non-hydrogen) atoms. The molecule has 0 aliphatic carbocycles. The number of hydrogen-bond donors (Lipinski definition) is 2. The van der Waals surface area contributed by atoms with Crippen molar-refractivity contribution < 1.29 is 12.8 Å². The first-order chi connectivity index (χ1) is 9.80. The topological polar surface area (TPSA) is 85.1 Å². The summed E-state index contributed by atoms with van der Waals surface area (Å²) < 4.78 is 37.6. The van der Waals surface area contributed by atoms with Gasteiger partial charge in [0, 0.05) is 22.8 Å². The standard InChI is InChI=1S/C14H16FN3O2S/c1-14(4-6-21(19,20)8-14)18-13-10(15)7-11(16)9-3-2-5-17-12(9)13/h2-3,5,7,18H,4,6,8,16H2,1H3. The molecule has 3 rings (SSSR count). The van der Waals surface area contributed by atoms with Gasteiger partial charge in [0.05, 0.1) is 22.7 Å². The van der Waals surface area contributed by atoms with E-state index >= 15 is 0 Å². The van der Waals surface area contributed by atoms with Gasteiger partial charge in [-0.3, -0.25) is 4.98 Å². The van der Waals surface area contributed by atoms with Gasteiger partial charge in [-0.25, -0.2) is 12.8 Å². The summed E-state index contributed by atoms with van der Waals surface area (Å²) >= 11 is 0. The molecule has 0 spiro atoms.